The molecule has 0 spiro atoms. The van der Waals surface area contributed by atoms with E-state index in [-0.39, 0.29) is 23.5 Å². The molecule has 19 heavy (non-hydrogen) atoms. The minimum atomic E-state index is -0.496. The summed E-state index contributed by atoms with van der Waals surface area (Å²) in [5.74, 6) is 5.60. The van der Waals surface area contributed by atoms with E-state index in [4.69, 9.17) is 5.84 Å². The fourth-order valence-corrected chi connectivity index (χ4v) is 2.96. The minimum Gasteiger partial charge on any atom is -0.361 e. The van der Waals surface area contributed by atoms with Gasteiger partial charge in [0.1, 0.15) is 6.20 Å². The Morgan fingerprint density at radius 1 is 1.58 bits per heavy atom. The summed E-state index contributed by atoms with van der Waals surface area (Å²) in [6, 6.07) is 0.205. The van der Waals surface area contributed by atoms with Crippen LogP contribution in [-0.2, 0) is 0 Å². The van der Waals surface area contributed by atoms with Crippen molar-refractivity contribution >= 4 is 29.2 Å². The van der Waals surface area contributed by atoms with Gasteiger partial charge in [0.15, 0.2) is 0 Å². The lowest BCUT2D eigenvalue weighted by Gasteiger charge is -2.13. The van der Waals surface area contributed by atoms with Gasteiger partial charge >= 0.3 is 5.69 Å². The second-order valence-electron chi connectivity index (χ2n) is 4.34. The highest BCUT2D eigenvalue weighted by molar-refractivity contribution is 7.99. The fourth-order valence-electron chi connectivity index (χ4n) is 2.16. The maximum atomic E-state index is 10.9. The SMILES string of the molecule is CSC1CCC(Nc2nc(NN)ncc2[N+](=O)[O-])C1. The van der Waals surface area contributed by atoms with Gasteiger partial charge < -0.3 is 5.32 Å². The molecule has 1 aromatic rings. The summed E-state index contributed by atoms with van der Waals surface area (Å²) in [4.78, 5) is 18.2. The van der Waals surface area contributed by atoms with Crippen LogP contribution in [0.5, 0.6) is 0 Å². The third-order valence-corrected chi connectivity index (χ3v) is 4.25. The Bertz CT molecular complexity index is 471. The molecule has 0 amide bonds. The Kier molecular flexibility index (Phi) is 4.38. The molecule has 0 bridgehead atoms. The number of hydrogen-bond donors (Lipinski definition) is 3. The van der Waals surface area contributed by atoms with Gasteiger partial charge in [-0.05, 0) is 25.5 Å². The Morgan fingerprint density at radius 3 is 2.95 bits per heavy atom. The first-order chi connectivity index (χ1) is 9.13. The molecule has 8 nitrogen and oxygen atoms in total. The van der Waals surface area contributed by atoms with Gasteiger partial charge in [-0.1, -0.05) is 0 Å². The zero-order chi connectivity index (χ0) is 13.8. The van der Waals surface area contributed by atoms with Crippen molar-refractivity contribution in [1.82, 2.24) is 9.97 Å². The molecule has 4 N–H and O–H groups in total. The predicted octanol–water partition coefficient (Wildman–Crippen LogP) is 1.37. The highest BCUT2D eigenvalue weighted by atomic mass is 32.2. The van der Waals surface area contributed by atoms with Crippen molar-refractivity contribution in [2.24, 2.45) is 5.84 Å². The lowest BCUT2D eigenvalue weighted by atomic mass is 10.2. The average molecular weight is 284 g/mol. The number of hydrogen-bond acceptors (Lipinski definition) is 8. The molecule has 1 fully saturated rings. The zero-order valence-electron chi connectivity index (χ0n) is 10.5. The Balaban J connectivity index is 2.16. The molecule has 2 unspecified atom stereocenters. The Morgan fingerprint density at radius 2 is 2.37 bits per heavy atom. The molecular weight excluding hydrogens is 268 g/mol. The lowest BCUT2D eigenvalue weighted by Crippen LogP contribution is -2.19. The molecule has 2 atom stereocenters. The van der Waals surface area contributed by atoms with Crippen molar-refractivity contribution in [2.45, 2.75) is 30.6 Å². The van der Waals surface area contributed by atoms with Crippen molar-refractivity contribution in [1.29, 1.82) is 0 Å². The summed E-state index contributed by atoms with van der Waals surface area (Å²) >= 11 is 1.83. The number of nitrogen functional groups attached to an aromatic ring is 1. The van der Waals surface area contributed by atoms with E-state index in [1.54, 1.807) is 0 Å². The number of hydrazine groups is 1. The number of anilines is 2. The summed E-state index contributed by atoms with van der Waals surface area (Å²) in [7, 11) is 0. The van der Waals surface area contributed by atoms with Crippen LogP contribution in [0.25, 0.3) is 0 Å². The number of nitro groups is 1. The maximum Gasteiger partial charge on any atom is 0.329 e. The molecule has 0 saturated heterocycles. The molecule has 1 aliphatic rings. The van der Waals surface area contributed by atoms with E-state index in [0.717, 1.165) is 25.5 Å². The largest absolute Gasteiger partial charge is 0.361 e. The van der Waals surface area contributed by atoms with Crippen LogP contribution in [0.15, 0.2) is 6.20 Å². The molecule has 0 aliphatic heterocycles. The molecule has 1 heterocycles. The van der Waals surface area contributed by atoms with Crippen LogP contribution < -0.4 is 16.6 Å². The minimum absolute atomic E-state index is 0.133. The van der Waals surface area contributed by atoms with Crippen LogP contribution in [0.4, 0.5) is 17.5 Å². The Hall–Kier alpha value is -1.61. The quantitative estimate of drug-likeness (QED) is 0.421. The summed E-state index contributed by atoms with van der Waals surface area (Å²) in [6.07, 6.45) is 6.31. The van der Waals surface area contributed by atoms with Gasteiger partial charge in [0.2, 0.25) is 11.8 Å². The predicted molar refractivity (Wildman–Crippen MR) is 75.1 cm³/mol. The van der Waals surface area contributed by atoms with Gasteiger partial charge in [-0.3, -0.25) is 15.5 Å². The van der Waals surface area contributed by atoms with Crippen LogP contribution in [0.3, 0.4) is 0 Å². The second-order valence-corrected chi connectivity index (χ2v) is 5.48. The summed E-state index contributed by atoms with van der Waals surface area (Å²) in [6.45, 7) is 0. The van der Waals surface area contributed by atoms with Gasteiger partial charge in [0.25, 0.3) is 0 Å². The van der Waals surface area contributed by atoms with Gasteiger partial charge in [0.05, 0.1) is 4.92 Å². The number of aromatic nitrogens is 2. The summed E-state index contributed by atoms with van der Waals surface area (Å²) in [5, 5.41) is 14.7. The maximum absolute atomic E-state index is 10.9. The van der Waals surface area contributed by atoms with Gasteiger partial charge in [-0.2, -0.15) is 16.7 Å². The molecule has 104 valence electrons. The van der Waals surface area contributed by atoms with Crippen LogP contribution in [0.1, 0.15) is 19.3 Å². The molecule has 0 aromatic carbocycles. The van der Waals surface area contributed by atoms with Crippen LogP contribution in [-0.4, -0.2) is 32.4 Å². The number of nitrogens with two attached hydrogens (primary N) is 1. The van der Waals surface area contributed by atoms with Crippen LogP contribution in [0, 0.1) is 10.1 Å². The summed E-state index contributed by atoms with van der Waals surface area (Å²) in [5.41, 5.74) is 2.16. The normalized spacial score (nSPS) is 22.2. The number of rotatable bonds is 5. The van der Waals surface area contributed by atoms with Crippen LogP contribution in [0.2, 0.25) is 0 Å². The third kappa shape index (κ3) is 3.24. The van der Waals surface area contributed by atoms with Crippen molar-refractivity contribution < 1.29 is 4.92 Å². The lowest BCUT2D eigenvalue weighted by molar-refractivity contribution is -0.384. The van der Waals surface area contributed by atoms with E-state index in [0.29, 0.717) is 5.25 Å². The molecule has 1 saturated carbocycles. The van der Waals surface area contributed by atoms with E-state index >= 15 is 0 Å². The Labute approximate surface area is 114 Å². The third-order valence-electron chi connectivity index (χ3n) is 3.15. The first-order valence-electron chi connectivity index (χ1n) is 5.91. The van der Waals surface area contributed by atoms with Gasteiger partial charge in [0, 0.05) is 11.3 Å². The van der Waals surface area contributed by atoms with Crippen molar-refractivity contribution in [3.05, 3.63) is 16.3 Å². The number of thioether (sulfide) groups is 1. The van der Waals surface area contributed by atoms with Crippen molar-refractivity contribution in [2.75, 3.05) is 17.0 Å². The molecule has 1 aliphatic carbocycles. The van der Waals surface area contributed by atoms with E-state index in [1.807, 2.05) is 11.8 Å². The number of nitrogens with one attached hydrogen (secondary N) is 2. The second kappa shape index (κ2) is 6.02. The molecule has 2 rings (SSSR count). The highest BCUT2D eigenvalue weighted by Crippen LogP contribution is 2.32. The van der Waals surface area contributed by atoms with Gasteiger partial charge in [-0.15, -0.1) is 0 Å². The first-order valence-corrected chi connectivity index (χ1v) is 7.20. The molecule has 9 heteroatoms. The van der Waals surface area contributed by atoms with E-state index in [2.05, 4.69) is 27.0 Å². The van der Waals surface area contributed by atoms with E-state index in [1.165, 1.54) is 0 Å². The zero-order valence-corrected chi connectivity index (χ0v) is 11.3. The topological polar surface area (TPSA) is 119 Å². The smallest absolute Gasteiger partial charge is 0.329 e. The van der Waals surface area contributed by atoms with Gasteiger partial charge in [-0.25, -0.2) is 10.8 Å². The summed E-state index contributed by atoms with van der Waals surface area (Å²) < 4.78 is 0. The van der Waals surface area contributed by atoms with Crippen molar-refractivity contribution in [3.63, 3.8) is 0 Å². The first kappa shape index (κ1) is 13.8. The highest BCUT2D eigenvalue weighted by Gasteiger charge is 2.27. The average Bonchev–Trinajstić information content (AvgIpc) is 2.86. The molecular formula is C10H16N6O2S. The molecule has 0 radical (unpaired) electrons. The number of nitrogens with zero attached hydrogens (tertiary/aromatic N) is 3. The monoisotopic (exact) mass is 284 g/mol. The fraction of sp³-hybridized carbons (Fsp3) is 0.600. The standard InChI is InChI=1S/C10H16N6O2S/c1-19-7-3-2-6(4-7)13-9-8(16(17)18)5-12-10(14-9)15-11/h5-7H,2-4,11H2,1H3,(H2,12,13,14,15). The molecule has 1 aromatic heterocycles. The van der Waals surface area contributed by atoms with E-state index in [9.17, 15) is 10.1 Å². The van der Waals surface area contributed by atoms with E-state index < -0.39 is 4.92 Å². The van der Waals surface area contributed by atoms with Crippen molar-refractivity contribution in [3.8, 4) is 0 Å². The van der Waals surface area contributed by atoms with Crippen LogP contribution >= 0.6 is 11.8 Å².